The molecule has 3 rings (SSSR count). The second kappa shape index (κ2) is 8.55. The highest BCUT2D eigenvalue weighted by molar-refractivity contribution is 6.01. The van der Waals surface area contributed by atoms with Gasteiger partial charge in [-0.05, 0) is 50.3 Å². The van der Waals surface area contributed by atoms with Crippen LogP contribution in [-0.2, 0) is 17.8 Å². The molecule has 6 heteroatoms. The van der Waals surface area contributed by atoms with Crippen molar-refractivity contribution in [2.45, 2.75) is 54.0 Å². The van der Waals surface area contributed by atoms with Gasteiger partial charge in [-0.15, -0.1) is 0 Å². The molecule has 0 spiro atoms. The summed E-state index contributed by atoms with van der Waals surface area (Å²) in [5.74, 6) is -0.524. The Kier molecular flexibility index (Phi) is 6.11. The highest BCUT2D eigenvalue weighted by Crippen LogP contribution is 2.35. The van der Waals surface area contributed by atoms with Gasteiger partial charge in [-0.3, -0.25) is 4.98 Å². The van der Waals surface area contributed by atoms with E-state index in [0.29, 0.717) is 24.5 Å². The van der Waals surface area contributed by atoms with Crippen molar-refractivity contribution in [2.24, 2.45) is 5.92 Å². The summed E-state index contributed by atoms with van der Waals surface area (Å²) in [5, 5.41) is 15.1. The first-order valence-corrected chi connectivity index (χ1v) is 10.1. The molecule has 0 aliphatic rings. The van der Waals surface area contributed by atoms with Gasteiger partial charge < -0.3 is 5.11 Å². The van der Waals surface area contributed by atoms with Crippen LogP contribution < -0.4 is 0 Å². The Morgan fingerprint density at radius 2 is 2.00 bits per heavy atom. The number of aliphatic carboxylic acids is 1. The summed E-state index contributed by atoms with van der Waals surface area (Å²) in [6, 6.07) is 2.08. The van der Waals surface area contributed by atoms with Gasteiger partial charge in [-0.1, -0.05) is 20.8 Å². The lowest BCUT2D eigenvalue weighted by molar-refractivity contribution is -0.132. The summed E-state index contributed by atoms with van der Waals surface area (Å²) >= 11 is 0. The van der Waals surface area contributed by atoms with Crippen LogP contribution in [0.2, 0.25) is 0 Å². The van der Waals surface area contributed by atoms with Gasteiger partial charge in [0, 0.05) is 46.6 Å². The van der Waals surface area contributed by atoms with E-state index in [1.807, 2.05) is 44.0 Å². The smallest absolute Gasteiger partial charge is 0.331 e. The number of carboxylic acids is 1. The first-order valence-electron chi connectivity index (χ1n) is 10.1. The number of aryl methyl sites for hydroxylation is 2. The van der Waals surface area contributed by atoms with Crippen LogP contribution in [0.25, 0.3) is 28.2 Å². The Balaban J connectivity index is 2.46. The van der Waals surface area contributed by atoms with Crippen LogP contribution in [0.15, 0.2) is 30.2 Å². The van der Waals surface area contributed by atoms with Gasteiger partial charge in [-0.25, -0.2) is 14.5 Å². The highest BCUT2D eigenvalue weighted by atomic mass is 16.4. The van der Waals surface area contributed by atoms with E-state index in [0.717, 1.165) is 45.4 Å². The molecule has 0 unspecified atom stereocenters. The number of carboxylic acid groups (broad SMARTS) is 1. The lowest BCUT2D eigenvalue weighted by atomic mass is 9.92. The van der Waals surface area contributed by atoms with Gasteiger partial charge in [0.1, 0.15) is 0 Å². The van der Waals surface area contributed by atoms with Crippen molar-refractivity contribution in [3.05, 3.63) is 47.1 Å². The van der Waals surface area contributed by atoms with E-state index >= 15 is 0 Å². The van der Waals surface area contributed by atoms with Crippen molar-refractivity contribution >= 4 is 23.1 Å². The minimum atomic E-state index is -0.902. The molecule has 152 valence electrons. The second-order valence-electron chi connectivity index (χ2n) is 7.72. The fraction of sp³-hybridized carbons (Fsp3) is 0.391. The molecule has 0 bridgehead atoms. The number of rotatable bonds is 7. The SMILES string of the molecule is CCC(=Cc1c(CC(C)C)nc2c(cnn2CC)c1-c1cncc(C)c1)C(=O)O. The molecule has 0 radical (unpaired) electrons. The largest absolute Gasteiger partial charge is 0.478 e. The van der Waals surface area contributed by atoms with Crippen molar-refractivity contribution < 1.29 is 9.90 Å². The summed E-state index contributed by atoms with van der Waals surface area (Å²) in [4.78, 5) is 21.1. The zero-order valence-corrected chi connectivity index (χ0v) is 17.7. The lowest BCUT2D eigenvalue weighted by Crippen LogP contribution is -2.07. The van der Waals surface area contributed by atoms with Crippen molar-refractivity contribution in [1.29, 1.82) is 0 Å². The van der Waals surface area contributed by atoms with Gasteiger partial charge >= 0.3 is 5.97 Å². The Morgan fingerprint density at radius 3 is 2.59 bits per heavy atom. The molecule has 3 heterocycles. The predicted molar refractivity (Wildman–Crippen MR) is 116 cm³/mol. The molecule has 0 aliphatic heterocycles. The third kappa shape index (κ3) is 4.21. The van der Waals surface area contributed by atoms with Gasteiger partial charge in [0.15, 0.2) is 5.65 Å². The zero-order chi connectivity index (χ0) is 21.1. The second-order valence-corrected chi connectivity index (χ2v) is 7.72. The number of hydrogen-bond acceptors (Lipinski definition) is 4. The van der Waals surface area contributed by atoms with Crippen molar-refractivity contribution in [2.75, 3.05) is 0 Å². The van der Waals surface area contributed by atoms with Crippen LogP contribution in [0.4, 0.5) is 0 Å². The molecule has 0 aliphatic carbocycles. The van der Waals surface area contributed by atoms with Crippen LogP contribution in [0.1, 0.15) is 50.9 Å². The number of hydrogen-bond donors (Lipinski definition) is 1. The summed E-state index contributed by atoms with van der Waals surface area (Å²) in [6.45, 7) is 10.9. The van der Waals surface area contributed by atoms with Gasteiger partial charge in [0.2, 0.25) is 0 Å². The van der Waals surface area contributed by atoms with Crippen molar-refractivity contribution in [1.82, 2.24) is 19.7 Å². The number of nitrogens with zero attached hydrogens (tertiary/aromatic N) is 4. The summed E-state index contributed by atoms with van der Waals surface area (Å²) in [5.41, 5.74) is 5.88. The lowest BCUT2D eigenvalue weighted by Gasteiger charge is -2.16. The molecular weight excluding hydrogens is 364 g/mol. The average Bonchev–Trinajstić information content (AvgIpc) is 3.07. The number of fused-ring (bicyclic) bond motifs is 1. The van der Waals surface area contributed by atoms with E-state index < -0.39 is 5.97 Å². The summed E-state index contributed by atoms with van der Waals surface area (Å²) < 4.78 is 1.89. The maximum atomic E-state index is 11.8. The highest BCUT2D eigenvalue weighted by Gasteiger charge is 2.20. The third-order valence-electron chi connectivity index (χ3n) is 4.94. The maximum Gasteiger partial charge on any atom is 0.331 e. The van der Waals surface area contributed by atoms with E-state index in [-0.39, 0.29) is 0 Å². The van der Waals surface area contributed by atoms with Crippen molar-refractivity contribution in [3.63, 3.8) is 0 Å². The average molecular weight is 393 g/mol. The van der Waals surface area contributed by atoms with E-state index in [1.165, 1.54) is 0 Å². The fourth-order valence-electron chi connectivity index (χ4n) is 3.57. The normalized spacial score (nSPS) is 12.1. The third-order valence-corrected chi connectivity index (χ3v) is 4.94. The number of aromatic nitrogens is 4. The molecule has 3 aromatic heterocycles. The van der Waals surface area contributed by atoms with Crippen LogP contribution in [0.5, 0.6) is 0 Å². The zero-order valence-electron chi connectivity index (χ0n) is 17.7. The van der Waals surface area contributed by atoms with Gasteiger partial charge in [-0.2, -0.15) is 5.10 Å². The summed E-state index contributed by atoms with van der Waals surface area (Å²) in [7, 11) is 0. The van der Waals surface area contributed by atoms with Crippen LogP contribution in [-0.4, -0.2) is 30.8 Å². The molecule has 3 aromatic rings. The van der Waals surface area contributed by atoms with E-state index in [9.17, 15) is 9.90 Å². The molecule has 0 fully saturated rings. The Bertz CT molecular complexity index is 1080. The minimum Gasteiger partial charge on any atom is -0.478 e. The van der Waals surface area contributed by atoms with Crippen LogP contribution in [0, 0.1) is 12.8 Å². The first kappa shape index (κ1) is 20.7. The predicted octanol–water partition coefficient (Wildman–Crippen LogP) is 4.90. The van der Waals surface area contributed by atoms with Crippen LogP contribution >= 0.6 is 0 Å². The van der Waals surface area contributed by atoms with E-state index in [4.69, 9.17) is 4.98 Å². The molecule has 6 nitrogen and oxygen atoms in total. The standard InChI is InChI=1S/C23H28N4O2/c1-6-16(23(28)29)10-18-20(8-14(3)4)26-22-19(13-25-27(22)7-2)21(18)17-9-15(5)11-24-12-17/h9-14H,6-8H2,1-5H3,(H,28,29). The van der Waals surface area contributed by atoms with Gasteiger partial charge in [0.25, 0.3) is 0 Å². The van der Waals surface area contributed by atoms with E-state index in [1.54, 1.807) is 6.08 Å². The van der Waals surface area contributed by atoms with E-state index in [2.05, 4.69) is 30.0 Å². The molecule has 29 heavy (non-hydrogen) atoms. The summed E-state index contributed by atoms with van der Waals surface area (Å²) in [6.07, 6.45) is 8.44. The molecule has 0 saturated carbocycles. The Hall–Kier alpha value is -3.02. The molecule has 0 atom stereocenters. The molecular formula is C23H28N4O2. The number of carbonyl (C=O) groups is 1. The molecule has 0 amide bonds. The van der Waals surface area contributed by atoms with Crippen molar-refractivity contribution in [3.8, 4) is 11.1 Å². The van der Waals surface area contributed by atoms with Gasteiger partial charge in [0.05, 0.1) is 11.9 Å². The molecule has 0 saturated heterocycles. The number of pyridine rings is 2. The molecule has 1 N–H and O–H groups in total. The fourth-order valence-corrected chi connectivity index (χ4v) is 3.57. The van der Waals surface area contributed by atoms with Crippen LogP contribution in [0.3, 0.4) is 0 Å². The monoisotopic (exact) mass is 392 g/mol. The molecule has 0 aromatic carbocycles. The quantitative estimate of drug-likeness (QED) is 0.579. The Labute approximate surface area is 171 Å². The topological polar surface area (TPSA) is 80.9 Å². The first-order chi connectivity index (χ1) is 13.8. The Morgan fingerprint density at radius 1 is 1.24 bits per heavy atom. The maximum absolute atomic E-state index is 11.8. The minimum absolute atomic E-state index is 0.362.